The van der Waals surface area contributed by atoms with Crippen molar-refractivity contribution in [3.8, 4) is 0 Å². The van der Waals surface area contributed by atoms with E-state index in [0.717, 1.165) is 10.0 Å². The molecule has 14 heavy (non-hydrogen) atoms. The van der Waals surface area contributed by atoms with Crippen LogP contribution >= 0.6 is 15.9 Å². The standard InChI is InChI=1S/C9H12BrNO2S/c1-7-6-8(10)4-5-9(7)11(2)14(3,12)13/h4-6H,1-3H3. The molecule has 0 saturated heterocycles. The van der Waals surface area contributed by atoms with Crippen molar-refractivity contribution in [3.05, 3.63) is 28.2 Å². The van der Waals surface area contributed by atoms with Crippen LogP contribution in [0.1, 0.15) is 5.56 Å². The summed E-state index contributed by atoms with van der Waals surface area (Å²) in [5, 5.41) is 0. The molecule has 1 aromatic carbocycles. The molecule has 1 aromatic rings. The first-order chi connectivity index (χ1) is 6.32. The van der Waals surface area contributed by atoms with E-state index in [9.17, 15) is 8.42 Å². The lowest BCUT2D eigenvalue weighted by atomic mass is 10.2. The first kappa shape index (κ1) is 11.5. The Morgan fingerprint density at radius 3 is 2.36 bits per heavy atom. The number of hydrogen-bond acceptors (Lipinski definition) is 2. The SMILES string of the molecule is Cc1cc(Br)ccc1N(C)S(C)(=O)=O. The van der Waals surface area contributed by atoms with E-state index in [-0.39, 0.29) is 0 Å². The monoisotopic (exact) mass is 277 g/mol. The number of rotatable bonds is 2. The lowest BCUT2D eigenvalue weighted by Crippen LogP contribution is -2.25. The molecule has 78 valence electrons. The summed E-state index contributed by atoms with van der Waals surface area (Å²) >= 11 is 3.33. The highest BCUT2D eigenvalue weighted by Crippen LogP contribution is 2.24. The van der Waals surface area contributed by atoms with Crippen LogP contribution in [0, 0.1) is 6.92 Å². The molecular weight excluding hydrogens is 266 g/mol. The molecule has 0 aromatic heterocycles. The second-order valence-electron chi connectivity index (χ2n) is 3.16. The summed E-state index contributed by atoms with van der Waals surface area (Å²) < 4.78 is 24.8. The van der Waals surface area contributed by atoms with Gasteiger partial charge in [-0.15, -0.1) is 0 Å². The van der Waals surface area contributed by atoms with Gasteiger partial charge in [-0.2, -0.15) is 0 Å². The Balaban J connectivity index is 3.21. The number of hydrogen-bond donors (Lipinski definition) is 0. The molecule has 0 unspecified atom stereocenters. The topological polar surface area (TPSA) is 37.4 Å². The lowest BCUT2D eigenvalue weighted by molar-refractivity contribution is 0.600. The number of sulfonamides is 1. The fourth-order valence-corrected chi connectivity index (χ4v) is 2.19. The van der Waals surface area contributed by atoms with Crippen molar-refractivity contribution in [1.82, 2.24) is 0 Å². The lowest BCUT2D eigenvalue weighted by Gasteiger charge is -2.18. The summed E-state index contributed by atoms with van der Waals surface area (Å²) in [6, 6.07) is 5.49. The highest BCUT2D eigenvalue weighted by molar-refractivity contribution is 9.10. The van der Waals surface area contributed by atoms with Crippen molar-refractivity contribution in [1.29, 1.82) is 0 Å². The zero-order valence-electron chi connectivity index (χ0n) is 8.28. The third-order valence-electron chi connectivity index (χ3n) is 2.00. The van der Waals surface area contributed by atoms with Gasteiger partial charge in [-0.1, -0.05) is 15.9 Å². The van der Waals surface area contributed by atoms with Crippen LogP contribution in [0.2, 0.25) is 0 Å². The van der Waals surface area contributed by atoms with Gasteiger partial charge in [-0.05, 0) is 30.7 Å². The van der Waals surface area contributed by atoms with Gasteiger partial charge in [0.25, 0.3) is 0 Å². The molecule has 0 aliphatic carbocycles. The van der Waals surface area contributed by atoms with Gasteiger partial charge in [-0.3, -0.25) is 4.31 Å². The molecule has 0 amide bonds. The molecular formula is C9H12BrNO2S. The summed E-state index contributed by atoms with van der Waals surface area (Å²) in [7, 11) is -1.63. The van der Waals surface area contributed by atoms with E-state index < -0.39 is 10.0 Å². The fourth-order valence-electron chi connectivity index (χ4n) is 1.15. The molecule has 0 heterocycles. The van der Waals surface area contributed by atoms with Crippen LogP contribution in [0.4, 0.5) is 5.69 Å². The first-order valence-corrected chi connectivity index (χ1v) is 6.66. The maximum absolute atomic E-state index is 11.3. The summed E-state index contributed by atoms with van der Waals surface area (Å²) in [5.41, 5.74) is 1.63. The number of nitrogens with zero attached hydrogens (tertiary/aromatic N) is 1. The van der Waals surface area contributed by atoms with Crippen LogP contribution in [-0.4, -0.2) is 21.7 Å². The van der Waals surface area contributed by atoms with E-state index in [1.807, 2.05) is 19.1 Å². The van der Waals surface area contributed by atoms with Crippen molar-refractivity contribution >= 4 is 31.6 Å². The zero-order chi connectivity index (χ0) is 10.9. The Labute approximate surface area is 92.9 Å². The van der Waals surface area contributed by atoms with E-state index in [4.69, 9.17) is 0 Å². The number of anilines is 1. The summed E-state index contributed by atoms with van der Waals surface area (Å²) in [6.45, 7) is 1.88. The number of halogens is 1. The molecule has 3 nitrogen and oxygen atoms in total. The molecule has 0 atom stereocenters. The first-order valence-electron chi connectivity index (χ1n) is 4.02. The van der Waals surface area contributed by atoms with Crippen molar-refractivity contribution in [2.24, 2.45) is 0 Å². The minimum atomic E-state index is -3.17. The molecule has 0 bridgehead atoms. The predicted octanol–water partition coefficient (Wildman–Crippen LogP) is 2.15. The van der Waals surface area contributed by atoms with E-state index >= 15 is 0 Å². The van der Waals surface area contributed by atoms with Gasteiger partial charge in [0.05, 0.1) is 11.9 Å². The Morgan fingerprint density at radius 1 is 1.36 bits per heavy atom. The van der Waals surface area contributed by atoms with E-state index in [1.165, 1.54) is 10.6 Å². The van der Waals surface area contributed by atoms with E-state index in [0.29, 0.717) is 5.69 Å². The normalized spacial score (nSPS) is 11.4. The van der Waals surface area contributed by atoms with Gasteiger partial charge in [0.15, 0.2) is 0 Å². The third-order valence-corrected chi connectivity index (χ3v) is 3.68. The van der Waals surface area contributed by atoms with Crippen LogP contribution in [0.25, 0.3) is 0 Å². The quantitative estimate of drug-likeness (QED) is 0.831. The molecule has 0 spiro atoms. The number of benzene rings is 1. The Morgan fingerprint density at radius 2 is 1.93 bits per heavy atom. The Hall–Kier alpha value is -0.550. The molecule has 0 fully saturated rings. The summed E-state index contributed by atoms with van der Waals surface area (Å²) in [6.07, 6.45) is 1.19. The average molecular weight is 278 g/mol. The second-order valence-corrected chi connectivity index (χ2v) is 6.09. The van der Waals surface area contributed by atoms with Crippen LogP contribution in [0.5, 0.6) is 0 Å². The predicted molar refractivity (Wildman–Crippen MR) is 62.1 cm³/mol. The Bertz CT molecular complexity index is 442. The van der Waals surface area contributed by atoms with E-state index in [2.05, 4.69) is 15.9 Å². The largest absolute Gasteiger partial charge is 0.273 e. The summed E-state index contributed by atoms with van der Waals surface area (Å²) in [5.74, 6) is 0. The van der Waals surface area contributed by atoms with Crippen LogP contribution in [0.3, 0.4) is 0 Å². The highest BCUT2D eigenvalue weighted by Gasteiger charge is 2.13. The van der Waals surface area contributed by atoms with Gasteiger partial charge < -0.3 is 0 Å². The maximum atomic E-state index is 11.3. The van der Waals surface area contributed by atoms with Crippen LogP contribution in [-0.2, 0) is 10.0 Å². The summed E-state index contributed by atoms with van der Waals surface area (Å²) in [4.78, 5) is 0. The zero-order valence-corrected chi connectivity index (χ0v) is 10.7. The minimum absolute atomic E-state index is 0.704. The molecule has 0 aliphatic rings. The van der Waals surface area contributed by atoms with Crippen molar-refractivity contribution in [2.45, 2.75) is 6.92 Å². The smallest absolute Gasteiger partial charge is 0.232 e. The van der Waals surface area contributed by atoms with E-state index in [1.54, 1.807) is 13.1 Å². The van der Waals surface area contributed by atoms with Gasteiger partial charge in [-0.25, -0.2) is 8.42 Å². The third kappa shape index (κ3) is 2.48. The van der Waals surface area contributed by atoms with Crippen LogP contribution in [0.15, 0.2) is 22.7 Å². The van der Waals surface area contributed by atoms with Gasteiger partial charge >= 0.3 is 0 Å². The maximum Gasteiger partial charge on any atom is 0.232 e. The second kappa shape index (κ2) is 3.90. The molecule has 0 N–H and O–H groups in total. The van der Waals surface area contributed by atoms with Crippen molar-refractivity contribution in [2.75, 3.05) is 17.6 Å². The molecule has 0 radical (unpaired) electrons. The molecule has 0 aliphatic heterocycles. The fraction of sp³-hybridized carbons (Fsp3) is 0.333. The van der Waals surface area contributed by atoms with Gasteiger partial charge in [0, 0.05) is 11.5 Å². The van der Waals surface area contributed by atoms with Crippen molar-refractivity contribution in [3.63, 3.8) is 0 Å². The average Bonchev–Trinajstić information content (AvgIpc) is 2.01. The van der Waals surface area contributed by atoms with Gasteiger partial charge in [0.1, 0.15) is 0 Å². The van der Waals surface area contributed by atoms with Crippen LogP contribution < -0.4 is 4.31 Å². The number of aryl methyl sites for hydroxylation is 1. The molecule has 1 rings (SSSR count). The minimum Gasteiger partial charge on any atom is -0.273 e. The van der Waals surface area contributed by atoms with Crippen molar-refractivity contribution < 1.29 is 8.42 Å². The molecule has 5 heteroatoms. The Kier molecular flexibility index (Phi) is 3.21. The highest BCUT2D eigenvalue weighted by atomic mass is 79.9. The molecule has 0 saturated carbocycles. The van der Waals surface area contributed by atoms with Gasteiger partial charge in [0.2, 0.25) is 10.0 Å².